The lowest BCUT2D eigenvalue weighted by molar-refractivity contribution is -0.119. The van der Waals surface area contributed by atoms with Crippen LogP contribution < -0.4 is 5.32 Å². The first-order valence-corrected chi connectivity index (χ1v) is 10.1. The van der Waals surface area contributed by atoms with Crippen LogP contribution in [0.4, 0.5) is 0 Å². The van der Waals surface area contributed by atoms with E-state index in [4.69, 9.17) is 0 Å². The highest BCUT2D eigenvalue weighted by atomic mass is 32.2. The number of hydrogen-bond acceptors (Lipinski definition) is 5. The molecule has 4 nitrogen and oxygen atoms in total. The van der Waals surface area contributed by atoms with Crippen molar-refractivity contribution >= 4 is 39.2 Å². The molecule has 0 aromatic carbocycles. The summed E-state index contributed by atoms with van der Waals surface area (Å²) in [5.41, 5.74) is 1.24. The normalized spacial score (nSPS) is 17.9. The van der Waals surface area contributed by atoms with E-state index in [0.717, 1.165) is 27.1 Å². The number of aromatic nitrogens is 2. The maximum absolute atomic E-state index is 12.3. The predicted octanol–water partition coefficient (Wildman–Crippen LogP) is 3.71. The quantitative estimate of drug-likeness (QED) is 0.639. The van der Waals surface area contributed by atoms with Gasteiger partial charge in [0.1, 0.15) is 16.2 Å². The molecule has 4 rings (SSSR count). The number of fused-ring (bicyclic) bond motifs is 1. The number of aryl methyl sites for hydroxylation is 2. The van der Waals surface area contributed by atoms with Gasteiger partial charge in [0, 0.05) is 16.3 Å². The average molecular weight is 348 g/mol. The molecule has 1 N–H and O–H groups in total. The number of rotatable bonds is 6. The van der Waals surface area contributed by atoms with E-state index in [1.807, 2.05) is 0 Å². The highest BCUT2D eigenvalue weighted by molar-refractivity contribution is 8.00. The van der Waals surface area contributed by atoms with Gasteiger partial charge in [-0.15, -0.1) is 11.3 Å². The Labute approximate surface area is 144 Å². The molecule has 0 bridgehead atoms. The Bertz CT molecular complexity index is 738. The fraction of sp³-hybridized carbons (Fsp3) is 0.588. The first-order chi connectivity index (χ1) is 11.1. The maximum atomic E-state index is 12.3. The van der Waals surface area contributed by atoms with Crippen LogP contribution in [-0.2, 0) is 4.79 Å². The molecule has 0 spiro atoms. The Morgan fingerprint density at radius 2 is 2.00 bits per heavy atom. The van der Waals surface area contributed by atoms with E-state index in [2.05, 4.69) is 29.1 Å². The smallest absolute Gasteiger partial charge is 0.230 e. The maximum Gasteiger partial charge on any atom is 0.230 e. The van der Waals surface area contributed by atoms with E-state index < -0.39 is 0 Å². The largest absolute Gasteiger partial charge is 0.352 e. The van der Waals surface area contributed by atoms with Crippen LogP contribution >= 0.6 is 23.1 Å². The molecule has 0 radical (unpaired) electrons. The van der Waals surface area contributed by atoms with Crippen LogP contribution in [0.1, 0.15) is 36.1 Å². The minimum absolute atomic E-state index is 0.148. The molecule has 122 valence electrons. The number of amides is 1. The summed E-state index contributed by atoms with van der Waals surface area (Å²) in [6.45, 7) is 4.22. The zero-order valence-electron chi connectivity index (χ0n) is 13.5. The Hall–Kier alpha value is -1.14. The zero-order chi connectivity index (χ0) is 16.0. The van der Waals surface area contributed by atoms with E-state index in [9.17, 15) is 4.79 Å². The van der Waals surface area contributed by atoms with Crippen molar-refractivity contribution in [3.05, 3.63) is 16.8 Å². The van der Waals surface area contributed by atoms with Crippen molar-refractivity contribution in [1.29, 1.82) is 0 Å². The number of nitrogens with zero attached hydrogens (tertiary/aromatic N) is 2. The van der Waals surface area contributed by atoms with Gasteiger partial charge in [-0.2, -0.15) is 0 Å². The summed E-state index contributed by atoms with van der Waals surface area (Å²) >= 11 is 3.23. The number of hydrogen-bond donors (Lipinski definition) is 1. The van der Waals surface area contributed by atoms with E-state index >= 15 is 0 Å². The molecule has 0 saturated heterocycles. The summed E-state index contributed by atoms with van der Waals surface area (Å²) < 4.78 is 0. The second kappa shape index (κ2) is 6.06. The topological polar surface area (TPSA) is 54.9 Å². The van der Waals surface area contributed by atoms with Gasteiger partial charge >= 0.3 is 0 Å². The van der Waals surface area contributed by atoms with Crippen LogP contribution in [0, 0.1) is 25.7 Å². The third-order valence-electron chi connectivity index (χ3n) is 4.86. The molecule has 2 heterocycles. The molecule has 0 aliphatic heterocycles. The minimum atomic E-state index is 0.148. The molecule has 0 atom stereocenters. The summed E-state index contributed by atoms with van der Waals surface area (Å²) in [5.74, 6) is 2.07. The number of thiophene rings is 1. The average Bonchev–Trinajstić information content (AvgIpc) is 3.44. The Balaban J connectivity index is 1.43. The highest BCUT2D eigenvalue weighted by Crippen LogP contribution is 2.44. The second-order valence-electron chi connectivity index (χ2n) is 6.70. The lowest BCUT2D eigenvalue weighted by Crippen LogP contribution is -2.39. The molecule has 23 heavy (non-hydrogen) atoms. The summed E-state index contributed by atoms with van der Waals surface area (Å²) in [7, 11) is 0. The molecule has 0 unspecified atom stereocenters. The molecule has 2 saturated carbocycles. The zero-order valence-corrected chi connectivity index (χ0v) is 15.1. The summed E-state index contributed by atoms with van der Waals surface area (Å²) in [5, 5.41) is 5.33. The number of thioether (sulfide) groups is 1. The molecule has 1 amide bonds. The summed E-state index contributed by atoms with van der Waals surface area (Å²) in [6.07, 6.45) is 6.75. The Morgan fingerprint density at radius 3 is 2.65 bits per heavy atom. The SMILES string of the molecule is Cc1sc2ncnc(SCC(=O)NC(C3CC3)C3CC3)c2c1C. The van der Waals surface area contributed by atoms with Gasteiger partial charge in [0.2, 0.25) is 5.91 Å². The lowest BCUT2D eigenvalue weighted by atomic mass is 10.1. The van der Waals surface area contributed by atoms with Gasteiger partial charge in [-0.1, -0.05) is 11.8 Å². The van der Waals surface area contributed by atoms with Crippen molar-refractivity contribution in [2.45, 2.75) is 50.6 Å². The highest BCUT2D eigenvalue weighted by Gasteiger charge is 2.42. The van der Waals surface area contributed by atoms with E-state index in [0.29, 0.717) is 11.8 Å². The molecule has 2 aromatic rings. The number of carbonyl (C=O) groups excluding carboxylic acids is 1. The Morgan fingerprint density at radius 1 is 1.30 bits per heavy atom. The van der Waals surface area contributed by atoms with Gasteiger partial charge < -0.3 is 5.32 Å². The summed E-state index contributed by atoms with van der Waals surface area (Å²) in [6, 6.07) is 0.429. The van der Waals surface area contributed by atoms with Crippen LogP contribution in [0.15, 0.2) is 11.4 Å². The molecule has 2 aliphatic carbocycles. The molecule has 2 aliphatic rings. The third-order valence-corrected chi connectivity index (χ3v) is 6.96. The molecule has 2 aromatic heterocycles. The molecular formula is C17H21N3OS2. The van der Waals surface area contributed by atoms with Crippen molar-refractivity contribution < 1.29 is 4.79 Å². The van der Waals surface area contributed by atoms with Gasteiger partial charge in [0.05, 0.1) is 5.75 Å². The van der Waals surface area contributed by atoms with Crippen molar-refractivity contribution in [2.75, 3.05) is 5.75 Å². The summed E-state index contributed by atoms with van der Waals surface area (Å²) in [4.78, 5) is 23.4. The monoisotopic (exact) mass is 347 g/mol. The lowest BCUT2D eigenvalue weighted by Gasteiger charge is -2.17. The van der Waals surface area contributed by atoms with Crippen LogP contribution in [0.25, 0.3) is 10.2 Å². The molecule has 6 heteroatoms. The van der Waals surface area contributed by atoms with Crippen LogP contribution in [0.3, 0.4) is 0 Å². The van der Waals surface area contributed by atoms with Gasteiger partial charge in [-0.05, 0) is 56.9 Å². The second-order valence-corrected chi connectivity index (χ2v) is 8.87. The number of carbonyl (C=O) groups is 1. The van der Waals surface area contributed by atoms with Crippen LogP contribution in [-0.4, -0.2) is 27.7 Å². The fourth-order valence-corrected chi connectivity index (χ4v) is 5.08. The first-order valence-electron chi connectivity index (χ1n) is 8.26. The minimum Gasteiger partial charge on any atom is -0.352 e. The van der Waals surface area contributed by atoms with Gasteiger partial charge in [-0.3, -0.25) is 4.79 Å². The van der Waals surface area contributed by atoms with Gasteiger partial charge in [-0.25, -0.2) is 9.97 Å². The molecular weight excluding hydrogens is 326 g/mol. The molecule has 2 fully saturated rings. The standard InChI is InChI=1S/C17H21N3OS2/c1-9-10(2)23-17-14(9)16(18-8-19-17)22-7-13(21)20-15(11-3-4-11)12-5-6-12/h8,11-12,15H,3-7H2,1-2H3,(H,20,21). The van der Waals surface area contributed by atoms with Crippen molar-refractivity contribution in [2.24, 2.45) is 11.8 Å². The third kappa shape index (κ3) is 3.24. The van der Waals surface area contributed by atoms with Crippen molar-refractivity contribution in [3.8, 4) is 0 Å². The van der Waals surface area contributed by atoms with Crippen LogP contribution in [0.2, 0.25) is 0 Å². The van der Waals surface area contributed by atoms with Gasteiger partial charge in [0.15, 0.2) is 0 Å². The van der Waals surface area contributed by atoms with Gasteiger partial charge in [0.25, 0.3) is 0 Å². The first kappa shape index (κ1) is 15.4. The van der Waals surface area contributed by atoms with Crippen molar-refractivity contribution in [1.82, 2.24) is 15.3 Å². The van der Waals surface area contributed by atoms with Crippen LogP contribution in [0.5, 0.6) is 0 Å². The van der Waals surface area contributed by atoms with E-state index in [1.165, 1.54) is 47.9 Å². The van der Waals surface area contributed by atoms with E-state index in [-0.39, 0.29) is 5.91 Å². The predicted molar refractivity (Wildman–Crippen MR) is 95.0 cm³/mol. The Kier molecular flexibility index (Phi) is 4.05. The number of nitrogens with one attached hydrogen (secondary N) is 1. The van der Waals surface area contributed by atoms with E-state index in [1.54, 1.807) is 17.7 Å². The fourth-order valence-electron chi connectivity index (χ4n) is 3.15. The van der Waals surface area contributed by atoms with Crippen molar-refractivity contribution in [3.63, 3.8) is 0 Å².